The zero-order chi connectivity index (χ0) is 9.97. The number of fused-ring (bicyclic) bond motifs is 1. The van der Waals surface area contributed by atoms with Crippen LogP contribution in [0.5, 0.6) is 5.88 Å². The van der Waals surface area contributed by atoms with Crippen LogP contribution < -0.4 is 4.74 Å². The number of hydrogen-bond acceptors (Lipinski definition) is 3. The molecule has 2 aromatic rings. The zero-order valence-corrected chi connectivity index (χ0v) is 7.74. The first kappa shape index (κ1) is 8.57. The van der Waals surface area contributed by atoms with Crippen LogP contribution in [0.25, 0.3) is 10.9 Å². The van der Waals surface area contributed by atoms with Crippen LogP contribution in [0.15, 0.2) is 18.2 Å². The molecule has 0 amide bonds. The maximum absolute atomic E-state index is 8.38. The molecule has 0 spiro atoms. The lowest BCUT2D eigenvalue weighted by molar-refractivity contribution is 0.356. The average molecular weight is 187 g/mol. The number of H-pyrrole nitrogens is 1. The number of nitrogens with zero attached hydrogens (tertiary/aromatic N) is 2. The summed E-state index contributed by atoms with van der Waals surface area (Å²) in [4.78, 5) is 0. The quantitative estimate of drug-likeness (QED) is 0.779. The van der Waals surface area contributed by atoms with Crippen molar-refractivity contribution in [1.29, 1.82) is 5.26 Å². The van der Waals surface area contributed by atoms with Crippen molar-refractivity contribution >= 4 is 10.9 Å². The van der Waals surface area contributed by atoms with Crippen LogP contribution in [0, 0.1) is 18.3 Å². The highest BCUT2D eigenvalue weighted by molar-refractivity contribution is 5.84. The van der Waals surface area contributed by atoms with E-state index in [0.717, 1.165) is 16.5 Å². The fourth-order valence-corrected chi connectivity index (χ4v) is 1.31. The van der Waals surface area contributed by atoms with E-state index in [-0.39, 0.29) is 6.61 Å². The number of aromatic nitrogens is 2. The van der Waals surface area contributed by atoms with Crippen molar-refractivity contribution in [1.82, 2.24) is 10.2 Å². The second kappa shape index (κ2) is 3.38. The summed E-state index contributed by atoms with van der Waals surface area (Å²) in [7, 11) is 0. The lowest BCUT2D eigenvalue weighted by atomic mass is 10.2. The van der Waals surface area contributed by atoms with Crippen molar-refractivity contribution in [3.63, 3.8) is 0 Å². The van der Waals surface area contributed by atoms with Gasteiger partial charge in [0, 0.05) is 0 Å². The van der Waals surface area contributed by atoms with E-state index in [1.807, 2.05) is 31.2 Å². The molecular formula is C10H9N3O. The zero-order valence-electron chi connectivity index (χ0n) is 7.74. The molecule has 4 nitrogen and oxygen atoms in total. The molecule has 2 rings (SSSR count). The number of aromatic amines is 1. The van der Waals surface area contributed by atoms with Crippen LogP contribution in [0.4, 0.5) is 0 Å². The second-order valence-corrected chi connectivity index (χ2v) is 3.02. The number of ether oxygens (including phenoxy) is 1. The van der Waals surface area contributed by atoms with Gasteiger partial charge in [-0.2, -0.15) is 5.26 Å². The smallest absolute Gasteiger partial charge is 0.241 e. The van der Waals surface area contributed by atoms with Gasteiger partial charge >= 0.3 is 0 Å². The van der Waals surface area contributed by atoms with Crippen LogP contribution in [0.1, 0.15) is 5.56 Å². The van der Waals surface area contributed by atoms with E-state index < -0.39 is 0 Å². The van der Waals surface area contributed by atoms with E-state index in [4.69, 9.17) is 10.00 Å². The fraction of sp³-hybridized carbons (Fsp3) is 0.200. The van der Waals surface area contributed by atoms with Gasteiger partial charge in [-0.05, 0) is 19.1 Å². The fourth-order valence-electron chi connectivity index (χ4n) is 1.31. The minimum atomic E-state index is 0.0217. The summed E-state index contributed by atoms with van der Waals surface area (Å²) in [5, 5.41) is 16.1. The second-order valence-electron chi connectivity index (χ2n) is 3.02. The number of benzene rings is 1. The van der Waals surface area contributed by atoms with E-state index in [9.17, 15) is 0 Å². The molecule has 1 aromatic heterocycles. The summed E-state index contributed by atoms with van der Waals surface area (Å²) in [6, 6.07) is 7.82. The summed E-state index contributed by atoms with van der Waals surface area (Å²) in [6.45, 7) is 2.02. The van der Waals surface area contributed by atoms with Crippen molar-refractivity contribution in [2.24, 2.45) is 0 Å². The van der Waals surface area contributed by atoms with Gasteiger partial charge in [-0.3, -0.25) is 5.10 Å². The highest BCUT2D eigenvalue weighted by Crippen LogP contribution is 2.23. The first-order valence-corrected chi connectivity index (χ1v) is 4.26. The van der Waals surface area contributed by atoms with Gasteiger partial charge in [-0.25, -0.2) is 0 Å². The summed E-state index contributed by atoms with van der Waals surface area (Å²) in [5.74, 6) is 0.491. The Kier molecular flexibility index (Phi) is 2.07. The molecule has 70 valence electrons. The number of nitriles is 1. The van der Waals surface area contributed by atoms with Crippen molar-refractivity contribution in [2.45, 2.75) is 6.92 Å². The lowest BCUT2D eigenvalue weighted by Gasteiger charge is -1.96. The van der Waals surface area contributed by atoms with Crippen molar-refractivity contribution in [3.05, 3.63) is 23.8 Å². The van der Waals surface area contributed by atoms with Gasteiger partial charge in [-0.1, -0.05) is 11.6 Å². The third kappa shape index (κ3) is 1.40. The number of rotatable bonds is 2. The van der Waals surface area contributed by atoms with Crippen molar-refractivity contribution < 1.29 is 4.74 Å². The molecule has 14 heavy (non-hydrogen) atoms. The molecule has 0 aliphatic carbocycles. The normalized spacial score (nSPS) is 10.0. The van der Waals surface area contributed by atoms with Crippen LogP contribution in [-0.4, -0.2) is 16.8 Å². The Labute approximate surface area is 81.1 Å². The average Bonchev–Trinajstić information content (AvgIpc) is 2.57. The Morgan fingerprint density at radius 1 is 1.57 bits per heavy atom. The predicted octanol–water partition coefficient (Wildman–Crippen LogP) is 1.77. The Hall–Kier alpha value is -2.02. The number of hydrogen-bond donors (Lipinski definition) is 1. The molecule has 0 aliphatic heterocycles. The highest BCUT2D eigenvalue weighted by atomic mass is 16.5. The number of aryl methyl sites for hydroxylation is 1. The lowest BCUT2D eigenvalue weighted by Crippen LogP contribution is -1.93. The van der Waals surface area contributed by atoms with E-state index in [1.54, 1.807) is 0 Å². The van der Waals surface area contributed by atoms with Crippen LogP contribution in [0.3, 0.4) is 0 Å². The molecule has 1 heterocycles. The SMILES string of the molecule is Cc1ccc2[nH]nc(OCC#N)c2c1. The molecule has 1 aromatic carbocycles. The molecule has 0 saturated carbocycles. The Morgan fingerprint density at radius 2 is 2.43 bits per heavy atom. The minimum Gasteiger partial charge on any atom is -0.461 e. The van der Waals surface area contributed by atoms with Gasteiger partial charge in [0.15, 0.2) is 6.61 Å². The van der Waals surface area contributed by atoms with Gasteiger partial charge in [-0.15, -0.1) is 5.10 Å². The molecular weight excluding hydrogens is 178 g/mol. The molecule has 0 bridgehead atoms. The minimum absolute atomic E-state index is 0.0217. The highest BCUT2D eigenvalue weighted by Gasteiger charge is 2.05. The Morgan fingerprint density at radius 3 is 3.21 bits per heavy atom. The van der Waals surface area contributed by atoms with Gasteiger partial charge in [0.05, 0.1) is 10.9 Å². The first-order chi connectivity index (χ1) is 6.81. The first-order valence-electron chi connectivity index (χ1n) is 4.26. The van der Waals surface area contributed by atoms with Crippen molar-refractivity contribution in [2.75, 3.05) is 6.61 Å². The summed E-state index contributed by atoms with van der Waals surface area (Å²) >= 11 is 0. The predicted molar refractivity (Wildman–Crippen MR) is 51.9 cm³/mol. The van der Waals surface area contributed by atoms with E-state index >= 15 is 0 Å². The number of nitrogens with one attached hydrogen (secondary N) is 1. The summed E-state index contributed by atoms with van der Waals surface area (Å²) in [5.41, 5.74) is 2.06. The monoisotopic (exact) mass is 187 g/mol. The van der Waals surface area contributed by atoms with E-state index in [0.29, 0.717) is 5.88 Å². The molecule has 1 N–H and O–H groups in total. The summed E-state index contributed by atoms with van der Waals surface area (Å²) in [6.07, 6.45) is 0. The topological polar surface area (TPSA) is 61.7 Å². The molecule has 0 aliphatic rings. The molecule has 0 saturated heterocycles. The largest absolute Gasteiger partial charge is 0.461 e. The molecule has 0 atom stereocenters. The maximum Gasteiger partial charge on any atom is 0.241 e. The van der Waals surface area contributed by atoms with E-state index in [1.165, 1.54) is 0 Å². The van der Waals surface area contributed by atoms with Crippen molar-refractivity contribution in [3.8, 4) is 11.9 Å². The standard InChI is InChI=1S/C10H9N3O/c1-7-2-3-9-8(6-7)10(13-12-9)14-5-4-11/h2-3,6H,5H2,1H3,(H,12,13). The van der Waals surface area contributed by atoms with Gasteiger partial charge in [0.2, 0.25) is 5.88 Å². The Bertz CT molecular complexity index is 496. The molecule has 4 heteroatoms. The van der Waals surface area contributed by atoms with Gasteiger partial charge < -0.3 is 4.74 Å². The summed E-state index contributed by atoms with van der Waals surface area (Å²) < 4.78 is 5.16. The molecule has 0 radical (unpaired) electrons. The van der Waals surface area contributed by atoms with Crippen LogP contribution >= 0.6 is 0 Å². The Balaban J connectivity index is 2.46. The third-order valence-electron chi connectivity index (χ3n) is 1.96. The van der Waals surface area contributed by atoms with E-state index in [2.05, 4.69) is 10.2 Å². The van der Waals surface area contributed by atoms with Crippen LogP contribution in [-0.2, 0) is 0 Å². The maximum atomic E-state index is 8.38. The van der Waals surface area contributed by atoms with Gasteiger partial charge in [0.1, 0.15) is 6.07 Å². The molecule has 0 fully saturated rings. The van der Waals surface area contributed by atoms with Crippen LogP contribution in [0.2, 0.25) is 0 Å². The third-order valence-corrected chi connectivity index (χ3v) is 1.96. The van der Waals surface area contributed by atoms with Gasteiger partial charge in [0.25, 0.3) is 0 Å². The molecule has 0 unspecified atom stereocenters.